The summed E-state index contributed by atoms with van der Waals surface area (Å²) in [5.41, 5.74) is -3.59. The second-order valence-corrected chi connectivity index (χ2v) is 8.36. The molecule has 176 valence electrons. The van der Waals surface area contributed by atoms with E-state index in [0.717, 1.165) is 12.3 Å². The van der Waals surface area contributed by atoms with E-state index in [9.17, 15) is 39.6 Å². The number of rotatable bonds is 5. The van der Waals surface area contributed by atoms with Crippen LogP contribution < -0.4 is 10.0 Å². The second kappa shape index (κ2) is 8.42. The van der Waals surface area contributed by atoms with Gasteiger partial charge in [-0.2, -0.15) is 26.3 Å². The molecule has 1 heterocycles. The predicted molar refractivity (Wildman–Crippen MR) is 103 cm³/mol. The number of aryl methyl sites for hydroxylation is 1. The zero-order valence-corrected chi connectivity index (χ0v) is 17.2. The molecule has 14 heteroatoms. The van der Waals surface area contributed by atoms with Crippen molar-refractivity contribution in [2.75, 3.05) is 10.0 Å². The van der Waals surface area contributed by atoms with Crippen molar-refractivity contribution in [3.63, 3.8) is 0 Å². The Bertz CT molecular complexity index is 1270. The zero-order valence-electron chi connectivity index (χ0n) is 16.4. The number of alkyl halides is 6. The highest BCUT2D eigenvalue weighted by atomic mass is 32.2. The normalized spacial score (nSPS) is 12.5. The smallest absolute Gasteiger partial charge is 0.361 e. The lowest BCUT2D eigenvalue weighted by atomic mass is 10.1. The molecule has 0 radical (unpaired) electrons. The fourth-order valence-corrected chi connectivity index (χ4v) is 3.79. The highest BCUT2D eigenvalue weighted by Crippen LogP contribution is 2.37. The summed E-state index contributed by atoms with van der Waals surface area (Å²) in [4.78, 5) is 11.0. The predicted octanol–water partition coefficient (Wildman–Crippen LogP) is 5.07. The first kappa shape index (κ1) is 24.1. The summed E-state index contributed by atoms with van der Waals surface area (Å²) >= 11 is 0. The highest BCUT2D eigenvalue weighted by molar-refractivity contribution is 7.92. The molecule has 0 aliphatic heterocycles. The topological polar surface area (TPSA) is 101 Å². The number of amides is 1. The number of aromatic nitrogens is 1. The van der Waals surface area contributed by atoms with Crippen molar-refractivity contribution >= 4 is 27.3 Å². The van der Waals surface area contributed by atoms with E-state index in [0.29, 0.717) is 0 Å². The number of carbonyl (C=O) groups excluding carboxylic acids is 1. The summed E-state index contributed by atoms with van der Waals surface area (Å²) in [5.74, 6) is -0.421. The van der Waals surface area contributed by atoms with Crippen molar-refractivity contribution in [2.45, 2.75) is 24.2 Å². The van der Waals surface area contributed by atoms with Gasteiger partial charge in [0.15, 0.2) is 0 Å². The second-order valence-electron chi connectivity index (χ2n) is 6.68. The first-order valence-corrected chi connectivity index (χ1v) is 10.3. The first-order valence-electron chi connectivity index (χ1n) is 8.82. The Hall–Kier alpha value is -3.55. The van der Waals surface area contributed by atoms with Gasteiger partial charge in [0.05, 0.1) is 27.9 Å². The number of nitrogens with one attached hydrogen (secondary N) is 2. The van der Waals surface area contributed by atoms with Crippen molar-refractivity contribution in [2.24, 2.45) is 0 Å². The number of sulfonamides is 1. The highest BCUT2D eigenvalue weighted by Gasteiger charge is 2.38. The van der Waals surface area contributed by atoms with E-state index in [1.54, 1.807) is 0 Å². The maximum Gasteiger partial charge on any atom is 0.416 e. The molecular formula is C19H13F6N3O4S. The minimum atomic E-state index is -5.21. The molecule has 3 aromatic rings. The third-order valence-electron chi connectivity index (χ3n) is 4.24. The van der Waals surface area contributed by atoms with Gasteiger partial charge in [0.25, 0.3) is 15.9 Å². The third kappa shape index (κ3) is 5.63. The molecule has 7 nitrogen and oxygen atoms in total. The standard InChI is InChI=1S/C19H13F6N3O4S/c1-10-16(9-26-32-10)17(29)27-13-3-2-4-14(8-13)28-33(30,31)15-6-11(18(20,21)22)5-12(7-15)19(23,24)25/h2-9,28H,1H3,(H,27,29). The molecule has 1 aromatic heterocycles. The van der Waals surface area contributed by atoms with Crippen LogP contribution in [-0.2, 0) is 22.4 Å². The molecule has 33 heavy (non-hydrogen) atoms. The van der Waals surface area contributed by atoms with Crippen molar-refractivity contribution < 1.29 is 44.1 Å². The molecule has 0 aliphatic carbocycles. The third-order valence-corrected chi connectivity index (χ3v) is 5.60. The van der Waals surface area contributed by atoms with Crippen LogP contribution in [0.25, 0.3) is 0 Å². The van der Waals surface area contributed by atoms with Gasteiger partial charge in [-0.3, -0.25) is 9.52 Å². The van der Waals surface area contributed by atoms with Gasteiger partial charge < -0.3 is 9.84 Å². The van der Waals surface area contributed by atoms with Crippen LogP contribution in [0.1, 0.15) is 27.2 Å². The maximum absolute atomic E-state index is 13.0. The summed E-state index contributed by atoms with van der Waals surface area (Å²) in [6.07, 6.45) is -9.27. The number of hydrogen-bond donors (Lipinski definition) is 2. The lowest BCUT2D eigenvalue weighted by Crippen LogP contribution is -2.18. The summed E-state index contributed by atoms with van der Waals surface area (Å²) in [7, 11) is -4.86. The first-order chi connectivity index (χ1) is 15.2. The average molecular weight is 493 g/mol. The van der Waals surface area contributed by atoms with Crippen LogP contribution in [-0.4, -0.2) is 19.5 Å². The largest absolute Gasteiger partial charge is 0.416 e. The molecule has 2 aromatic carbocycles. The van der Waals surface area contributed by atoms with E-state index in [-0.39, 0.29) is 40.9 Å². The Labute approximate surface area is 182 Å². The van der Waals surface area contributed by atoms with Gasteiger partial charge in [-0.1, -0.05) is 11.2 Å². The molecule has 2 N–H and O–H groups in total. The summed E-state index contributed by atoms with van der Waals surface area (Å²) < 4.78 is 110. The van der Waals surface area contributed by atoms with Gasteiger partial charge >= 0.3 is 12.4 Å². The molecule has 0 saturated heterocycles. The van der Waals surface area contributed by atoms with E-state index in [1.807, 2.05) is 4.72 Å². The molecule has 0 atom stereocenters. The van der Waals surface area contributed by atoms with Crippen molar-refractivity contribution in [3.8, 4) is 0 Å². The maximum atomic E-state index is 13.0. The van der Waals surface area contributed by atoms with Crippen molar-refractivity contribution in [1.82, 2.24) is 5.16 Å². The molecule has 3 rings (SSSR count). The van der Waals surface area contributed by atoms with E-state index < -0.39 is 44.3 Å². The van der Waals surface area contributed by atoms with Gasteiger partial charge in [-0.25, -0.2) is 8.42 Å². The molecule has 0 aliphatic rings. The van der Waals surface area contributed by atoms with Crippen LogP contribution in [0.15, 0.2) is 58.1 Å². The number of carbonyl (C=O) groups is 1. The van der Waals surface area contributed by atoms with Crippen molar-refractivity contribution in [1.29, 1.82) is 0 Å². The number of hydrogen-bond acceptors (Lipinski definition) is 5. The molecular weight excluding hydrogens is 480 g/mol. The van der Waals surface area contributed by atoms with Crippen LogP contribution in [0.4, 0.5) is 37.7 Å². The quantitative estimate of drug-likeness (QED) is 0.483. The number of anilines is 2. The van der Waals surface area contributed by atoms with Crippen LogP contribution in [0.2, 0.25) is 0 Å². The van der Waals surface area contributed by atoms with Crippen LogP contribution in [0.3, 0.4) is 0 Å². The molecule has 0 bridgehead atoms. The van der Waals surface area contributed by atoms with Crippen molar-refractivity contribution in [3.05, 3.63) is 71.1 Å². The molecule has 0 saturated carbocycles. The van der Waals surface area contributed by atoms with Crippen LogP contribution >= 0.6 is 0 Å². The lowest BCUT2D eigenvalue weighted by molar-refractivity contribution is -0.143. The fourth-order valence-electron chi connectivity index (χ4n) is 2.67. The SMILES string of the molecule is Cc1oncc1C(=O)Nc1cccc(NS(=O)(=O)c2cc(C(F)(F)F)cc(C(F)(F)F)c2)c1. The van der Waals surface area contributed by atoms with Gasteiger partial charge in [-0.05, 0) is 43.3 Å². The van der Waals surface area contributed by atoms with Crippen LogP contribution in [0.5, 0.6) is 0 Å². The van der Waals surface area contributed by atoms with E-state index in [2.05, 4.69) is 10.5 Å². The Balaban J connectivity index is 1.91. The van der Waals surface area contributed by atoms with Gasteiger partial charge in [0.1, 0.15) is 11.3 Å². The number of nitrogens with zero attached hydrogens (tertiary/aromatic N) is 1. The molecule has 0 fully saturated rings. The molecule has 1 amide bonds. The summed E-state index contributed by atoms with van der Waals surface area (Å²) in [6.45, 7) is 1.48. The Morgan fingerprint density at radius 3 is 2.03 bits per heavy atom. The monoisotopic (exact) mass is 493 g/mol. The molecule has 0 spiro atoms. The number of halogens is 6. The fraction of sp³-hybridized carbons (Fsp3) is 0.158. The average Bonchev–Trinajstić information content (AvgIpc) is 3.12. The zero-order chi connectivity index (χ0) is 24.6. The Morgan fingerprint density at radius 1 is 0.939 bits per heavy atom. The van der Waals surface area contributed by atoms with E-state index >= 15 is 0 Å². The van der Waals surface area contributed by atoms with Gasteiger partial charge in [0.2, 0.25) is 0 Å². The lowest BCUT2D eigenvalue weighted by Gasteiger charge is -2.15. The summed E-state index contributed by atoms with van der Waals surface area (Å²) in [6, 6.07) is 5.01. The minimum Gasteiger partial charge on any atom is -0.361 e. The van der Waals surface area contributed by atoms with E-state index in [4.69, 9.17) is 4.52 Å². The van der Waals surface area contributed by atoms with Gasteiger partial charge in [0, 0.05) is 5.69 Å². The molecule has 0 unspecified atom stereocenters. The van der Waals surface area contributed by atoms with E-state index in [1.165, 1.54) is 25.1 Å². The number of benzene rings is 2. The summed E-state index contributed by atoms with van der Waals surface area (Å²) in [5, 5.41) is 5.88. The Kier molecular flexibility index (Phi) is 6.15. The Morgan fingerprint density at radius 2 is 1.52 bits per heavy atom. The van der Waals surface area contributed by atoms with Crippen LogP contribution in [0, 0.1) is 6.92 Å². The minimum absolute atomic E-state index is 0.0841. The van der Waals surface area contributed by atoms with Gasteiger partial charge in [-0.15, -0.1) is 0 Å².